The second-order valence-corrected chi connectivity index (χ2v) is 7.98. The Balaban J connectivity index is 2.10. The maximum Gasteiger partial charge on any atom is 0.344 e. The fraction of sp³-hybridized carbons (Fsp3) is 0.529. The number of ether oxygens (including phenoxy) is 2. The van der Waals surface area contributed by atoms with Gasteiger partial charge in [0.1, 0.15) is 6.04 Å². The highest BCUT2D eigenvalue weighted by atomic mass is 32.2. The van der Waals surface area contributed by atoms with Crippen LogP contribution in [0, 0.1) is 0 Å². The molecule has 25 heavy (non-hydrogen) atoms. The molecule has 0 amide bonds. The molecule has 1 aliphatic rings. The molecule has 1 aromatic carbocycles. The van der Waals surface area contributed by atoms with Crippen molar-refractivity contribution in [3.05, 3.63) is 30.3 Å². The van der Waals surface area contributed by atoms with Gasteiger partial charge in [0.05, 0.1) is 11.0 Å². The van der Waals surface area contributed by atoms with Crippen LogP contribution in [0.2, 0.25) is 0 Å². The first-order valence-electron chi connectivity index (χ1n) is 8.25. The minimum Gasteiger partial charge on any atom is -0.460 e. The maximum absolute atomic E-state index is 12.8. The molecule has 0 bridgehead atoms. The van der Waals surface area contributed by atoms with E-state index >= 15 is 0 Å². The first-order chi connectivity index (χ1) is 11.8. The van der Waals surface area contributed by atoms with Gasteiger partial charge in [0.15, 0.2) is 6.61 Å². The van der Waals surface area contributed by atoms with Crippen LogP contribution >= 0.6 is 0 Å². The number of carbonyl (C=O) groups is 2. The van der Waals surface area contributed by atoms with E-state index in [2.05, 4.69) is 0 Å². The first kappa shape index (κ1) is 19.4. The standard InChI is InChI=1S/C17H23NO6S/c1-13(2)24-16(19)12-23-17(20)15-10-6-7-11-18(15)25(21,22)14-8-4-3-5-9-14/h3-5,8-9,13,15H,6-7,10-12H2,1-2H3. The molecule has 1 fully saturated rings. The van der Waals surface area contributed by atoms with Gasteiger partial charge in [-0.05, 0) is 45.2 Å². The smallest absolute Gasteiger partial charge is 0.344 e. The maximum atomic E-state index is 12.8. The van der Waals surface area contributed by atoms with Crippen LogP contribution < -0.4 is 0 Å². The second-order valence-electron chi connectivity index (χ2n) is 6.09. The quantitative estimate of drug-likeness (QED) is 0.709. The number of nitrogens with zero attached hydrogens (tertiary/aromatic N) is 1. The number of esters is 2. The normalized spacial score (nSPS) is 18.8. The average Bonchev–Trinajstić information content (AvgIpc) is 2.60. The first-order valence-corrected chi connectivity index (χ1v) is 9.69. The van der Waals surface area contributed by atoms with E-state index in [0.717, 1.165) is 6.42 Å². The molecule has 1 atom stereocenters. The molecule has 0 spiro atoms. The SMILES string of the molecule is CC(C)OC(=O)COC(=O)C1CCCCN1S(=O)(=O)c1ccccc1. The summed E-state index contributed by atoms with van der Waals surface area (Å²) >= 11 is 0. The van der Waals surface area contributed by atoms with Crippen LogP contribution in [0.4, 0.5) is 0 Å². The van der Waals surface area contributed by atoms with E-state index < -0.39 is 34.6 Å². The molecule has 1 aliphatic heterocycles. The summed E-state index contributed by atoms with van der Waals surface area (Å²) in [5.41, 5.74) is 0. The van der Waals surface area contributed by atoms with E-state index in [-0.39, 0.29) is 17.5 Å². The number of carbonyl (C=O) groups excluding carboxylic acids is 2. The molecule has 1 aromatic rings. The Morgan fingerprint density at radius 3 is 2.52 bits per heavy atom. The van der Waals surface area contributed by atoms with Gasteiger partial charge in [0.25, 0.3) is 0 Å². The van der Waals surface area contributed by atoms with Crippen LogP contribution in [0.25, 0.3) is 0 Å². The van der Waals surface area contributed by atoms with Crippen molar-refractivity contribution >= 4 is 22.0 Å². The van der Waals surface area contributed by atoms with Gasteiger partial charge < -0.3 is 9.47 Å². The summed E-state index contributed by atoms with van der Waals surface area (Å²) in [4.78, 5) is 24.0. The molecule has 138 valence electrons. The van der Waals surface area contributed by atoms with Gasteiger partial charge in [-0.25, -0.2) is 13.2 Å². The van der Waals surface area contributed by atoms with Gasteiger partial charge in [-0.3, -0.25) is 4.79 Å². The predicted molar refractivity (Wildman–Crippen MR) is 90.2 cm³/mol. The summed E-state index contributed by atoms with van der Waals surface area (Å²) in [5, 5.41) is 0. The zero-order chi connectivity index (χ0) is 18.4. The third-order valence-corrected chi connectivity index (χ3v) is 5.70. The molecular formula is C17H23NO6S. The van der Waals surface area contributed by atoms with Gasteiger partial charge in [0.2, 0.25) is 10.0 Å². The fourth-order valence-corrected chi connectivity index (χ4v) is 4.35. The molecule has 1 heterocycles. The van der Waals surface area contributed by atoms with Crippen molar-refractivity contribution in [2.45, 2.75) is 50.2 Å². The molecular weight excluding hydrogens is 346 g/mol. The summed E-state index contributed by atoms with van der Waals surface area (Å²) in [6, 6.07) is 7.05. The van der Waals surface area contributed by atoms with Crippen molar-refractivity contribution in [2.24, 2.45) is 0 Å². The van der Waals surface area contributed by atoms with Crippen LogP contribution in [0.5, 0.6) is 0 Å². The highest BCUT2D eigenvalue weighted by Gasteiger charge is 2.38. The zero-order valence-corrected chi connectivity index (χ0v) is 15.2. The van der Waals surface area contributed by atoms with Crippen LogP contribution in [0.15, 0.2) is 35.2 Å². The summed E-state index contributed by atoms with van der Waals surface area (Å²) in [7, 11) is -3.80. The molecule has 0 radical (unpaired) electrons. The zero-order valence-electron chi connectivity index (χ0n) is 14.4. The van der Waals surface area contributed by atoms with Crippen molar-refractivity contribution in [3.8, 4) is 0 Å². The van der Waals surface area contributed by atoms with Crippen LogP contribution in [-0.4, -0.2) is 50.0 Å². The molecule has 0 aliphatic carbocycles. The fourth-order valence-electron chi connectivity index (χ4n) is 2.68. The number of piperidine rings is 1. The van der Waals surface area contributed by atoms with Crippen molar-refractivity contribution in [2.75, 3.05) is 13.2 Å². The lowest BCUT2D eigenvalue weighted by molar-refractivity contribution is -0.163. The Kier molecular flexibility index (Phi) is 6.55. The number of rotatable bonds is 6. The Hall–Kier alpha value is -1.93. The number of hydrogen-bond donors (Lipinski definition) is 0. The van der Waals surface area contributed by atoms with Gasteiger partial charge >= 0.3 is 11.9 Å². The molecule has 1 unspecified atom stereocenters. The number of hydrogen-bond acceptors (Lipinski definition) is 6. The Bertz CT molecular complexity index is 701. The lowest BCUT2D eigenvalue weighted by Crippen LogP contribution is -2.48. The molecule has 0 saturated carbocycles. The Morgan fingerprint density at radius 1 is 1.20 bits per heavy atom. The van der Waals surface area contributed by atoms with Gasteiger partial charge in [-0.1, -0.05) is 18.2 Å². The van der Waals surface area contributed by atoms with E-state index in [4.69, 9.17) is 9.47 Å². The van der Waals surface area contributed by atoms with Crippen molar-refractivity contribution in [1.82, 2.24) is 4.31 Å². The molecule has 0 N–H and O–H groups in total. The molecule has 2 rings (SSSR count). The minimum atomic E-state index is -3.80. The average molecular weight is 369 g/mol. The third-order valence-electron chi connectivity index (χ3n) is 3.77. The second kappa shape index (κ2) is 8.44. The minimum absolute atomic E-state index is 0.133. The van der Waals surface area contributed by atoms with Gasteiger partial charge in [-0.15, -0.1) is 0 Å². The van der Waals surface area contributed by atoms with Crippen molar-refractivity contribution in [1.29, 1.82) is 0 Å². The summed E-state index contributed by atoms with van der Waals surface area (Å²) in [5.74, 6) is -1.38. The number of sulfonamides is 1. The van der Waals surface area contributed by atoms with Gasteiger partial charge in [-0.2, -0.15) is 4.31 Å². The van der Waals surface area contributed by atoms with Gasteiger partial charge in [0, 0.05) is 6.54 Å². The molecule has 8 heteroatoms. The third kappa shape index (κ3) is 5.02. The largest absolute Gasteiger partial charge is 0.460 e. The van der Waals surface area contributed by atoms with Crippen LogP contribution in [-0.2, 0) is 29.1 Å². The monoisotopic (exact) mass is 369 g/mol. The van der Waals surface area contributed by atoms with Crippen LogP contribution in [0.3, 0.4) is 0 Å². The van der Waals surface area contributed by atoms with Crippen molar-refractivity contribution < 1.29 is 27.5 Å². The lowest BCUT2D eigenvalue weighted by atomic mass is 10.1. The van der Waals surface area contributed by atoms with E-state index in [9.17, 15) is 18.0 Å². The Morgan fingerprint density at radius 2 is 1.88 bits per heavy atom. The topological polar surface area (TPSA) is 90.0 Å². The summed E-state index contributed by atoms with van der Waals surface area (Å²) in [6.07, 6.45) is 1.45. The summed E-state index contributed by atoms with van der Waals surface area (Å²) in [6.45, 7) is 3.10. The van der Waals surface area contributed by atoms with E-state index in [1.54, 1.807) is 32.0 Å². The van der Waals surface area contributed by atoms with E-state index in [1.807, 2.05) is 0 Å². The van der Waals surface area contributed by atoms with Crippen molar-refractivity contribution in [3.63, 3.8) is 0 Å². The Labute approximate surface area is 148 Å². The van der Waals surface area contributed by atoms with E-state index in [1.165, 1.54) is 16.4 Å². The highest BCUT2D eigenvalue weighted by molar-refractivity contribution is 7.89. The lowest BCUT2D eigenvalue weighted by Gasteiger charge is -2.32. The number of benzene rings is 1. The van der Waals surface area contributed by atoms with E-state index in [0.29, 0.717) is 12.8 Å². The molecule has 7 nitrogen and oxygen atoms in total. The highest BCUT2D eigenvalue weighted by Crippen LogP contribution is 2.26. The molecule has 1 saturated heterocycles. The summed E-state index contributed by atoms with van der Waals surface area (Å²) < 4.78 is 36.7. The molecule has 0 aromatic heterocycles. The predicted octanol–water partition coefficient (Wildman–Crippen LogP) is 1.72. The van der Waals surface area contributed by atoms with Crippen LogP contribution in [0.1, 0.15) is 33.1 Å².